The quantitative estimate of drug-likeness (QED) is 0.775. The van der Waals surface area contributed by atoms with Crippen molar-refractivity contribution in [3.63, 3.8) is 0 Å². The molecule has 1 saturated heterocycles. The van der Waals surface area contributed by atoms with E-state index in [2.05, 4.69) is 27.4 Å². The van der Waals surface area contributed by atoms with Crippen LogP contribution >= 0.6 is 0 Å². The van der Waals surface area contributed by atoms with Crippen LogP contribution < -0.4 is 0 Å². The highest BCUT2D eigenvalue weighted by atomic mass is 32.2. The fourth-order valence-electron chi connectivity index (χ4n) is 4.76. The van der Waals surface area contributed by atoms with Gasteiger partial charge in [-0.2, -0.15) is 4.31 Å². The number of ether oxygens (including phenoxy) is 1. The third-order valence-electron chi connectivity index (χ3n) is 5.40. The Labute approximate surface area is 145 Å². The first-order valence-corrected chi connectivity index (χ1v) is 9.86. The maximum atomic E-state index is 13.2. The molecule has 1 saturated carbocycles. The lowest BCUT2D eigenvalue weighted by Crippen LogP contribution is -2.37. The molecule has 1 aliphatic heterocycles. The van der Waals surface area contributed by atoms with Gasteiger partial charge >= 0.3 is 0 Å². The highest BCUT2D eigenvalue weighted by Crippen LogP contribution is 2.53. The van der Waals surface area contributed by atoms with Gasteiger partial charge in [-0.3, -0.25) is 0 Å². The van der Waals surface area contributed by atoms with Gasteiger partial charge in [0.1, 0.15) is 5.76 Å². The number of sulfonamides is 1. The van der Waals surface area contributed by atoms with E-state index in [4.69, 9.17) is 4.74 Å². The number of fused-ring (bicyclic) bond motifs is 2. The summed E-state index contributed by atoms with van der Waals surface area (Å²) in [6.07, 6.45) is 2.98. The molecule has 3 rings (SSSR count). The van der Waals surface area contributed by atoms with Crippen molar-refractivity contribution in [3.8, 4) is 0 Å². The third kappa shape index (κ3) is 3.00. The van der Waals surface area contributed by atoms with E-state index >= 15 is 0 Å². The van der Waals surface area contributed by atoms with E-state index in [1.807, 2.05) is 0 Å². The Hall–Kier alpha value is -1.33. The van der Waals surface area contributed by atoms with Crippen LogP contribution in [0.2, 0.25) is 0 Å². The molecule has 0 spiro atoms. The van der Waals surface area contributed by atoms with Gasteiger partial charge in [-0.25, -0.2) is 8.42 Å². The first-order valence-electron chi connectivity index (χ1n) is 8.42. The van der Waals surface area contributed by atoms with Gasteiger partial charge in [-0.05, 0) is 54.4 Å². The van der Waals surface area contributed by atoms with Gasteiger partial charge in [-0.1, -0.05) is 27.4 Å². The van der Waals surface area contributed by atoms with Gasteiger partial charge < -0.3 is 4.74 Å². The second-order valence-electron chi connectivity index (χ2n) is 8.42. The number of rotatable bonds is 4. The molecule has 2 atom stereocenters. The van der Waals surface area contributed by atoms with Crippen molar-refractivity contribution in [1.82, 2.24) is 4.31 Å². The van der Waals surface area contributed by atoms with Crippen molar-refractivity contribution in [1.29, 1.82) is 0 Å². The van der Waals surface area contributed by atoms with Crippen LogP contribution in [-0.4, -0.2) is 32.4 Å². The molecule has 2 unspecified atom stereocenters. The Bertz CT molecular complexity index is 751. The van der Waals surface area contributed by atoms with E-state index < -0.39 is 10.0 Å². The molecule has 0 N–H and O–H groups in total. The lowest BCUT2D eigenvalue weighted by atomic mass is 9.65. The summed E-state index contributed by atoms with van der Waals surface area (Å²) in [4.78, 5) is 0.351. The van der Waals surface area contributed by atoms with Crippen molar-refractivity contribution in [2.75, 3.05) is 13.7 Å². The highest BCUT2D eigenvalue weighted by Gasteiger charge is 2.53. The molecule has 2 aliphatic rings. The van der Waals surface area contributed by atoms with Gasteiger partial charge in [0.15, 0.2) is 0 Å². The Morgan fingerprint density at radius 1 is 1.21 bits per heavy atom. The van der Waals surface area contributed by atoms with Crippen LogP contribution in [0.25, 0.3) is 5.76 Å². The summed E-state index contributed by atoms with van der Waals surface area (Å²) >= 11 is 0. The number of hydrogen-bond acceptors (Lipinski definition) is 3. The van der Waals surface area contributed by atoms with E-state index in [9.17, 15) is 8.42 Å². The summed E-state index contributed by atoms with van der Waals surface area (Å²) in [5.41, 5.74) is 1.08. The number of hydrogen-bond donors (Lipinski definition) is 0. The number of methoxy groups -OCH3 is 1. The molecular weight excluding hydrogens is 322 g/mol. The molecule has 1 aromatic rings. The maximum absolute atomic E-state index is 13.2. The summed E-state index contributed by atoms with van der Waals surface area (Å²) in [6.45, 7) is 11.1. The highest BCUT2D eigenvalue weighted by molar-refractivity contribution is 7.89. The molecule has 1 aromatic carbocycles. The van der Waals surface area contributed by atoms with Crippen LogP contribution in [0.4, 0.5) is 0 Å². The summed E-state index contributed by atoms with van der Waals surface area (Å²) in [6, 6.07) is 6.94. The zero-order chi connectivity index (χ0) is 17.8. The molecule has 2 fully saturated rings. The second kappa shape index (κ2) is 5.60. The molecule has 0 amide bonds. The standard InChI is InChI=1S/C19H27NO3S/c1-14(23-5)15-6-8-17(9-7-15)24(21,22)20-13-19(4)11-16(20)10-18(2,3)12-19/h6-9,16H,1,10-13H2,2-5H3. The largest absolute Gasteiger partial charge is 0.497 e. The zero-order valence-electron chi connectivity index (χ0n) is 15.0. The minimum atomic E-state index is -3.47. The van der Waals surface area contributed by atoms with Crippen LogP contribution in [0, 0.1) is 10.8 Å². The fraction of sp³-hybridized carbons (Fsp3) is 0.579. The molecule has 132 valence electrons. The van der Waals surface area contributed by atoms with Crippen LogP contribution in [-0.2, 0) is 14.8 Å². The van der Waals surface area contributed by atoms with E-state index in [0.717, 1.165) is 24.8 Å². The lowest BCUT2D eigenvalue weighted by molar-refractivity contribution is 0.133. The van der Waals surface area contributed by atoms with Crippen molar-refractivity contribution < 1.29 is 13.2 Å². The van der Waals surface area contributed by atoms with Gasteiger partial charge in [0.05, 0.1) is 12.0 Å². The van der Waals surface area contributed by atoms with Crippen molar-refractivity contribution in [2.24, 2.45) is 10.8 Å². The molecule has 5 heteroatoms. The van der Waals surface area contributed by atoms with Gasteiger partial charge in [0.2, 0.25) is 10.0 Å². The van der Waals surface area contributed by atoms with Crippen LogP contribution in [0.1, 0.15) is 45.6 Å². The monoisotopic (exact) mass is 349 g/mol. The number of nitrogens with zero attached hydrogens (tertiary/aromatic N) is 1. The maximum Gasteiger partial charge on any atom is 0.243 e. The SMILES string of the molecule is C=C(OC)c1ccc(S(=O)(=O)N2CC3(C)CC2CC(C)(C)C3)cc1. The van der Waals surface area contributed by atoms with E-state index in [1.54, 1.807) is 35.7 Å². The lowest BCUT2D eigenvalue weighted by Gasteiger charge is -2.39. The first-order chi connectivity index (χ1) is 11.1. The van der Waals surface area contributed by atoms with Crippen LogP contribution in [0.15, 0.2) is 35.7 Å². The normalized spacial score (nSPS) is 29.4. The first kappa shape index (κ1) is 17.5. The Balaban J connectivity index is 1.90. The topological polar surface area (TPSA) is 46.6 Å². The molecule has 2 bridgehead atoms. The van der Waals surface area contributed by atoms with Crippen molar-refractivity contribution in [2.45, 2.75) is 51.0 Å². The average Bonchev–Trinajstić information content (AvgIpc) is 2.76. The Kier molecular flexibility index (Phi) is 4.08. The predicted octanol–water partition coefficient (Wildman–Crippen LogP) is 3.89. The van der Waals surface area contributed by atoms with Crippen molar-refractivity contribution in [3.05, 3.63) is 36.4 Å². The summed E-state index contributed by atoms with van der Waals surface area (Å²) in [5.74, 6) is 0.533. The smallest absolute Gasteiger partial charge is 0.243 e. The van der Waals surface area contributed by atoms with Crippen molar-refractivity contribution >= 4 is 15.8 Å². The molecule has 1 aliphatic carbocycles. The van der Waals surface area contributed by atoms with E-state index in [-0.39, 0.29) is 16.9 Å². The number of benzene rings is 1. The van der Waals surface area contributed by atoms with Crippen LogP contribution in [0.5, 0.6) is 0 Å². The van der Waals surface area contributed by atoms with E-state index in [1.165, 1.54) is 0 Å². The minimum absolute atomic E-state index is 0.0871. The molecule has 0 aromatic heterocycles. The fourth-order valence-corrected chi connectivity index (χ4v) is 6.53. The minimum Gasteiger partial charge on any atom is -0.497 e. The Morgan fingerprint density at radius 3 is 2.42 bits per heavy atom. The summed E-state index contributed by atoms with van der Waals surface area (Å²) < 4.78 is 33.1. The van der Waals surface area contributed by atoms with Crippen LogP contribution in [0.3, 0.4) is 0 Å². The second-order valence-corrected chi connectivity index (χ2v) is 10.3. The third-order valence-corrected chi connectivity index (χ3v) is 7.31. The zero-order valence-corrected chi connectivity index (χ0v) is 15.8. The predicted molar refractivity (Wildman–Crippen MR) is 95.9 cm³/mol. The molecule has 24 heavy (non-hydrogen) atoms. The average molecular weight is 349 g/mol. The van der Waals surface area contributed by atoms with Gasteiger partial charge in [-0.15, -0.1) is 0 Å². The summed E-state index contributed by atoms with van der Waals surface area (Å²) in [7, 11) is -1.91. The van der Waals surface area contributed by atoms with Gasteiger partial charge in [0.25, 0.3) is 0 Å². The molecule has 0 radical (unpaired) electrons. The summed E-state index contributed by atoms with van der Waals surface area (Å²) in [5, 5.41) is 0. The van der Waals surface area contributed by atoms with E-state index in [0.29, 0.717) is 17.2 Å². The molecular formula is C19H27NO3S. The Morgan fingerprint density at radius 2 is 1.83 bits per heavy atom. The molecule has 1 heterocycles. The van der Waals surface area contributed by atoms with Gasteiger partial charge in [0, 0.05) is 18.2 Å². The molecule has 4 nitrogen and oxygen atoms in total.